The van der Waals surface area contributed by atoms with Crippen molar-refractivity contribution in [2.45, 2.75) is 12.8 Å². The predicted octanol–water partition coefficient (Wildman–Crippen LogP) is 15.1. The van der Waals surface area contributed by atoms with E-state index in [9.17, 15) is 0 Å². The molecular weight excluding hydrogens is 753 g/mol. The Morgan fingerprint density at radius 2 is 0.968 bits per heavy atom. The minimum Gasteiger partial charge on any atom is -0.309 e. The molecule has 0 atom stereocenters. The van der Waals surface area contributed by atoms with Crippen LogP contribution in [0.1, 0.15) is 18.4 Å². The van der Waals surface area contributed by atoms with E-state index in [1.807, 2.05) is 12.1 Å². The van der Waals surface area contributed by atoms with Crippen LogP contribution < -0.4 is 0 Å². The number of fused-ring (bicyclic) bond motifs is 7. The highest BCUT2D eigenvalue weighted by Gasteiger charge is 2.26. The van der Waals surface area contributed by atoms with Crippen LogP contribution in [0.2, 0.25) is 0 Å². The molecule has 0 saturated heterocycles. The van der Waals surface area contributed by atoms with Gasteiger partial charge in [-0.05, 0) is 72.5 Å². The first kappa shape index (κ1) is 35.8. The second-order valence-corrected chi connectivity index (χ2v) is 16.0. The Kier molecular flexibility index (Phi) is 8.60. The molecular formula is C58H40N4. The first-order valence-corrected chi connectivity index (χ1v) is 21.4. The Balaban J connectivity index is 1.21. The molecule has 292 valence electrons. The van der Waals surface area contributed by atoms with Crippen LogP contribution in [0, 0.1) is 0 Å². The van der Waals surface area contributed by atoms with Gasteiger partial charge in [-0.2, -0.15) is 0 Å². The van der Waals surface area contributed by atoms with Gasteiger partial charge >= 0.3 is 0 Å². The molecule has 0 unspecified atom stereocenters. The third kappa shape index (κ3) is 5.91. The number of para-hydroxylation sites is 3. The molecule has 0 N–H and O–H groups in total. The van der Waals surface area contributed by atoms with Gasteiger partial charge in [-0.1, -0.05) is 170 Å². The minimum atomic E-state index is 0.687. The summed E-state index contributed by atoms with van der Waals surface area (Å²) in [5, 5.41) is 4.92. The largest absolute Gasteiger partial charge is 0.309 e. The molecule has 3 heterocycles. The molecule has 8 aromatic carbocycles. The quantitative estimate of drug-likeness (QED) is 0.161. The number of benzene rings is 8. The van der Waals surface area contributed by atoms with Crippen molar-refractivity contribution < 1.29 is 0 Å². The molecule has 0 bridgehead atoms. The molecule has 4 heteroatoms. The van der Waals surface area contributed by atoms with Gasteiger partial charge < -0.3 is 9.13 Å². The number of aromatic nitrogens is 4. The van der Waals surface area contributed by atoms with Gasteiger partial charge in [-0.15, -0.1) is 0 Å². The van der Waals surface area contributed by atoms with Gasteiger partial charge in [0.25, 0.3) is 0 Å². The maximum absolute atomic E-state index is 5.35. The van der Waals surface area contributed by atoms with E-state index in [1.54, 1.807) is 0 Å². The number of nitrogens with zero attached hydrogens (tertiary/aromatic N) is 4. The minimum absolute atomic E-state index is 0.687. The standard InChI is InChI=1S/C58H40N4/c1-6-20-39(21-7-1)48-36-43(58-59-50(41-24-10-3-11-25-41)38-51(60-58)42-26-12-4-13-27-42)37-49(40-22-8-2-9-23-40)56(48)62-53-33-19-17-31-47(53)55-54(62)35-34-46-45-30-16-18-32-52(45)61(57(46)55)44-28-14-5-15-29-44/h1,3-8,10-38H,2,9H2. The number of rotatable bonds is 7. The van der Waals surface area contributed by atoms with Gasteiger partial charge in [-0.3, -0.25) is 0 Å². The molecule has 0 radical (unpaired) electrons. The summed E-state index contributed by atoms with van der Waals surface area (Å²) < 4.78 is 4.98. The van der Waals surface area contributed by atoms with Gasteiger partial charge in [0.05, 0.1) is 39.1 Å². The SMILES string of the molecule is C1=CC(c2cc(-c3nc(-c4ccccc4)cc(-c4ccccc4)n3)cc(-c3ccccc3)c2-n2c3ccccc3c3c2ccc2c4ccccc4n(-c4ccccc4)c23)=CCC1. The molecule has 4 nitrogen and oxygen atoms in total. The zero-order chi connectivity index (χ0) is 41.0. The summed E-state index contributed by atoms with van der Waals surface area (Å²) in [6, 6.07) is 71.7. The van der Waals surface area contributed by atoms with Crippen molar-refractivity contribution >= 4 is 49.2 Å². The molecule has 11 aromatic rings. The molecule has 0 spiro atoms. The van der Waals surface area contributed by atoms with Gasteiger partial charge in [0.2, 0.25) is 0 Å². The number of allylic oxidation sites excluding steroid dienone is 4. The van der Waals surface area contributed by atoms with Crippen LogP contribution in [0.3, 0.4) is 0 Å². The molecule has 1 aliphatic carbocycles. The monoisotopic (exact) mass is 792 g/mol. The Morgan fingerprint density at radius 3 is 1.61 bits per heavy atom. The topological polar surface area (TPSA) is 35.6 Å². The molecule has 1 aliphatic rings. The summed E-state index contributed by atoms with van der Waals surface area (Å²) in [7, 11) is 0. The van der Waals surface area contributed by atoms with Crippen molar-refractivity contribution in [1.29, 1.82) is 0 Å². The third-order valence-electron chi connectivity index (χ3n) is 12.3. The summed E-state index contributed by atoms with van der Waals surface area (Å²) in [4.78, 5) is 10.7. The van der Waals surface area contributed by atoms with Crippen LogP contribution in [-0.4, -0.2) is 19.1 Å². The summed E-state index contributed by atoms with van der Waals surface area (Å²) in [5.74, 6) is 0.687. The van der Waals surface area contributed by atoms with E-state index in [0.29, 0.717) is 5.82 Å². The number of hydrogen-bond acceptors (Lipinski definition) is 2. The first-order chi connectivity index (χ1) is 30.8. The lowest BCUT2D eigenvalue weighted by atomic mass is 9.90. The lowest BCUT2D eigenvalue weighted by molar-refractivity contribution is 1.04. The van der Waals surface area contributed by atoms with Crippen molar-refractivity contribution in [3.8, 4) is 56.4 Å². The molecule has 0 fully saturated rings. The van der Waals surface area contributed by atoms with Crippen LogP contribution in [-0.2, 0) is 0 Å². The highest BCUT2D eigenvalue weighted by Crippen LogP contribution is 2.46. The van der Waals surface area contributed by atoms with E-state index in [0.717, 1.165) is 80.0 Å². The Morgan fingerprint density at radius 1 is 0.403 bits per heavy atom. The second kappa shape index (κ2) is 14.9. The fourth-order valence-electron chi connectivity index (χ4n) is 9.56. The zero-order valence-corrected chi connectivity index (χ0v) is 34.0. The van der Waals surface area contributed by atoms with E-state index < -0.39 is 0 Å². The Labute approximate surface area is 360 Å². The summed E-state index contributed by atoms with van der Waals surface area (Å²) in [6.07, 6.45) is 9.00. The molecule has 3 aromatic heterocycles. The van der Waals surface area contributed by atoms with E-state index in [1.165, 1.54) is 38.2 Å². The van der Waals surface area contributed by atoms with E-state index in [2.05, 4.69) is 215 Å². The molecule has 0 aliphatic heterocycles. The fraction of sp³-hybridized carbons (Fsp3) is 0.0345. The van der Waals surface area contributed by atoms with Crippen molar-refractivity contribution in [2.24, 2.45) is 0 Å². The van der Waals surface area contributed by atoms with Crippen LogP contribution >= 0.6 is 0 Å². The van der Waals surface area contributed by atoms with E-state index >= 15 is 0 Å². The van der Waals surface area contributed by atoms with Crippen LogP contribution in [0.4, 0.5) is 0 Å². The normalized spacial score (nSPS) is 12.7. The molecule has 12 rings (SSSR count). The predicted molar refractivity (Wildman–Crippen MR) is 259 cm³/mol. The maximum Gasteiger partial charge on any atom is 0.160 e. The summed E-state index contributed by atoms with van der Waals surface area (Å²) >= 11 is 0. The molecule has 0 amide bonds. The molecule has 0 saturated carbocycles. The van der Waals surface area contributed by atoms with Gasteiger partial charge in [0.1, 0.15) is 0 Å². The van der Waals surface area contributed by atoms with E-state index in [-0.39, 0.29) is 0 Å². The van der Waals surface area contributed by atoms with Crippen molar-refractivity contribution in [2.75, 3.05) is 0 Å². The van der Waals surface area contributed by atoms with Crippen molar-refractivity contribution in [3.05, 3.63) is 224 Å². The third-order valence-corrected chi connectivity index (χ3v) is 12.3. The summed E-state index contributed by atoms with van der Waals surface area (Å²) in [6.45, 7) is 0. The van der Waals surface area contributed by atoms with Crippen LogP contribution in [0.5, 0.6) is 0 Å². The van der Waals surface area contributed by atoms with Crippen molar-refractivity contribution in [3.63, 3.8) is 0 Å². The van der Waals surface area contributed by atoms with E-state index in [4.69, 9.17) is 9.97 Å². The molecule has 62 heavy (non-hydrogen) atoms. The lowest BCUT2D eigenvalue weighted by Crippen LogP contribution is -2.05. The van der Waals surface area contributed by atoms with Crippen molar-refractivity contribution in [1.82, 2.24) is 19.1 Å². The Hall–Kier alpha value is -8.08. The summed E-state index contributed by atoms with van der Waals surface area (Å²) in [5.41, 5.74) is 16.4. The first-order valence-electron chi connectivity index (χ1n) is 21.4. The smallest absolute Gasteiger partial charge is 0.160 e. The van der Waals surface area contributed by atoms with Gasteiger partial charge in [0.15, 0.2) is 5.82 Å². The van der Waals surface area contributed by atoms with Crippen LogP contribution in [0.15, 0.2) is 218 Å². The average molecular weight is 793 g/mol. The Bertz CT molecular complexity index is 3480. The fourth-order valence-corrected chi connectivity index (χ4v) is 9.56. The van der Waals surface area contributed by atoms with Crippen LogP contribution in [0.25, 0.3) is 106 Å². The highest BCUT2D eigenvalue weighted by molar-refractivity contribution is 6.26. The second-order valence-electron chi connectivity index (χ2n) is 16.0. The maximum atomic E-state index is 5.35. The highest BCUT2D eigenvalue weighted by atomic mass is 15.0. The lowest BCUT2D eigenvalue weighted by Gasteiger charge is -2.22. The number of hydrogen-bond donors (Lipinski definition) is 0. The average Bonchev–Trinajstić information content (AvgIpc) is 3.87. The zero-order valence-electron chi connectivity index (χ0n) is 34.0. The van der Waals surface area contributed by atoms with Gasteiger partial charge in [0, 0.05) is 55.0 Å². The van der Waals surface area contributed by atoms with Gasteiger partial charge in [-0.25, -0.2) is 9.97 Å².